The number of rotatable bonds is 42. The predicted octanol–water partition coefficient (Wildman–Crippen LogP) is 13.4. The van der Waals surface area contributed by atoms with Gasteiger partial charge >= 0.3 is 0 Å². The Bertz CT molecular complexity index is 768. The van der Waals surface area contributed by atoms with Crippen LogP contribution in [-0.2, 0) is 4.79 Å². The summed E-state index contributed by atoms with van der Waals surface area (Å²) in [6.45, 7) is 4.17. The van der Waals surface area contributed by atoms with Crippen LogP contribution in [-0.4, -0.2) is 46.1 Å². The number of hydrogen-bond acceptors (Lipinski definition) is 4. The molecule has 0 spiro atoms. The Morgan fingerprint density at radius 2 is 0.769 bits per heavy atom. The lowest BCUT2D eigenvalue weighted by Gasteiger charge is -2.26. The highest BCUT2D eigenvalue weighted by Gasteiger charge is 2.26. The first kappa shape index (κ1) is 50.8. The van der Waals surface area contributed by atoms with Crippen LogP contribution in [0.3, 0.4) is 0 Å². The number of aliphatic hydroxyl groups excluding tert-OH is 3. The van der Waals surface area contributed by atoms with Crippen molar-refractivity contribution in [3.63, 3.8) is 0 Å². The molecular formula is C47H91NO4. The molecule has 0 aromatic heterocycles. The third kappa shape index (κ3) is 37.2. The molecule has 5 heteroatoms. The molecule has 0 heterocycles. The Morgan fingerprint density at radius 1 is 0.462 bits per heavy atom. The summed E-state index contributed by atoms with van der Waals surface area (Å²) in [6, 6.07) is -0.824. The normalized spacial score (nSPS) is 13.7. The molecule has 0 saturated carbocycles. The van der Waals surface area contributed by atoms with Gasteiger partial charge in [0.2, 0.25) is 5.91 Å². The van der Waals surface area contributed by atoms with Gasteiger partial charge < -0.3 is 20.6 Å². The summed E-state index contributed by atoms with van der Waals surface area (Å²) < 4.78 is 0. The third-order valence-corrected chi connectivity index (χ3v) is 10.8. The summed E-state index contributed by atoms with van der Waals surface area (Å²) in [5.74, 6) is -0.155. The molecule has 0 aliphatic rings. The first-order chi connectivity index (χ1) is 25.6. The Labute approximate surface area is 324 Å². The minimum absolute atomic E-state index is 0.155. The van der Waals surface area contributed by atoms with Crippen LogP contribution >= 0.6 is 0 Å². The maximum atomic E-state index is 12.4. The van der Waals surface area contributed by atoms with E-state index >= 15 is 0 Å². The van der Waals surface area contributed by atoms with E-state index in [0.29, 0.717) is 12.8 Å². The molecule has 308 valence electrons. The summed E-state index contributed by atoms with van der Waals surface area (Å²) in [7, 11) is 0. The molecule has 0 saturated heterocycles. The monoisotopic (exact) mass is 734 g/mol. The molecule has 0 aromatic carbocycles. The van der Waals surface area contributed by atoms with Crippen molar-refractivity contribution in [3.8, 4) is 0 Å². The van der Waals surface area contributed by atoms with Crippen molar-refractivity contribution in [2.75, 3.05) is 6.61 Å². The molecule has 52 heavy (non-hydrogen) atoms. The smallest absolute Gasteiger partial charge is 0.220 e. The molecule has 1 amide bonds. The molecular weight excluding hydrogens is 643 g/mol. The molecule has 0 bridgehead atoms. The van der Waals surface area contributed by atoms with E-state index in [2.05, 4.69) is 43.5 Å². The van der Waals surface area contributed by atoms with Gasteiger partial charge in [-0.15, -0.1) is 0 Å². The maximum absolute atomic E-state index is 12.4. The highest BCUT2D eigenvalue weighted by molar-refractivity contribution is 5.76. The molecule has 0 aliphatic heterocycles. The van der Waals surface area contributed by atoms with Crippen LogP contribution in [0.2, 0.25) is 0 Å². The second-order valence-electron chi connectivity index (χ2n) is 16.0. The Balaban J connectivity index is 3.59. The highest BCUT2D eigenvalue weighted by Crippen LogP contribution is 2.15. The fourth-order valence-corrected chi connectivity index (χ4v) is 7.16. The van der Waals surface area contributed by atoms with Crippen molar-refractivity contribution in [3.05, 3.63) is 24.3 Å². The van der Waals surface area contributed by atoms with Crippen molar-refractivity contribution < 1.29 is 20.1 Å². The van der Waals surface area contributed by atoms with Crippen LogP contribution in [0.25, 0.3) is 0 Å². The fraction of sp³-hybridized carbons (Fsp3) is 0.894. The summed E-state index contributed by atoms with van der Waals surface area (Å²) in [5.41, 5.74) is 0. The van der Waals surface area contributed by atoms with Crippen molar-refractivity contribution in [2.45, 2.75) is 263 Å². The standard InChI is InChI=1S/C47H91NO4/c1-3-5-7-9-11-13-15-17-18-19-20-21-22-23-24-25-26-27-28-30-32-34-36-38-40-42-46(51)48-44(43-49)47(52)45(50)41-39-37-35-33-31-29-16-14-12-10-8-6-4-2/h23-24,33,35,44-45,47,49-50,52H,3-22,25-32,34,36-43H2,1-2H3,(H,48,51)/b24-23-,35-33+. The molecule has 0 aliphatic carbocycles. The number of carbonyl (C=O) groups excluding carboxylic acids is 1. The second-order valence-corrected chi connectivity index (χ2v) is 16.0. The van der Waals surface area contributed by atoms with Gasteiger partial charge in [0.25, 0.3) is 0 Å². The number of amides is 1. The van der Waals surface area contributed by atoms with Crippen molar-refractivity contribution in [1.82, 2.24) is 5.32 Å². The van der Waals surface area contributed by atoms with Gasteiger partial charge in [0.15, 0.2) is 0 Å². The molecule has 0 radical (unpaired) electrons. The zero-order valence-electron chi connectivity index (χ0n) is 35.0. The quantitative estimate of drug-likeness (QED) is 0.0371. The number of allylic oxidation sites excluding steroid dienone is 4. The van der Waals surface area contributed by atoms with Gasteiger partial charge in [0.05, 0.1) is 18.8 Å². The van der Waals surface area contributed by atoms with E-state index in [0.717, 1.165) is 38.5 Å². The van der Waals surface area contributed by atoms with E-state index < -0.39 is 18.2 Å². The molecule has 0 rings (SSSR count). The maximum Gasteiger partial charge on any atom is 0.220 e. The SMILES string of the molecule is CCCCCCCCCC/C=C/CCCC(O)C(O)C(CO)NC(=O)CCCCCCCCCCC/C=C\CCCCCCCCCCCCCC. The van der Waals surface area contributed by atoms with Crippen LogP contribution in [0.4, 0.5) is 0 Å². The zero-order chi connectivity index (χ0) is 38.0. The van der Waals surface area contributed by atoms with E-state index in [9.17, 15) is 20.1 Å². The summed E-state index contributed by atoms with van der Waals surface area (Å²) in [5, 5.41) is 33.5. The van der Waals surface area contributed by atoms with Crippen molar-refractivity contribution in [1.29, 1.82) is 0 Å². The average molecular weight is 734 g/mol. The molecule has 4 N–H and O–H groups in total. The van der Waals surface area contributed by atoms with Gasteiger partial charge in [0.1, 0.15) is 6.10 Å². The van der Waals surface area contributed by atoms with Gasteiger partial charge in [-0.05, 0) is 64.2 Å². The molecule has 5 nitrogen and oxygen atoms in total. The number of nitrogens with one attached hydrogen (secondary N) is 1. The van der Waals surface area contributed by atoms with Gasteiger partial charge in [-0.1, -0.05) is 199 Å². The molecule has 3 unspecified atom stereocenters. The van der Waals surface area contributed by atoms with Crippen LogP contribution in [0.1, 0.15) is 245 Å². The number of aliphatic hydroxyl groups is 3. The molecule has 0 aromatic rings. The van der Waals surface area contributed by atoms with Crippen LogP contribution in [0, 0.1) is 0 Å². The van der Waals surface area contributed by atoms with Crippen LogP contribution < -0.4 is 5.32 Å². The molecule has 0 fully saturated rings. The number of hydrogen-bond donors (Lipinski definition) is 4. The van der Waals surface area contributed by atoms with Gasteiger partial charge in [-0.25, -0.2) is 0 Å². The van der Waals surface area contributed by atoms with Gasteiger partial charge in [-0.2, -0.15) is 0 Å². The second kappa shape index (κ2) is 42.6. The molecule has 3 atom stereocenters. The number of carbonyl (C=O) groups is 1. The number of unbranched alkanes of at least 4 members (excludes halogenated alkanes) is 30. The Hall–Kier alpha value is -1.17. The van der Waals surface area contributed by atoms with Crippen LogP contribution in [0.5, 0.6) is 0 Å². The van der Waals surface area contributed by atoms with E-state index in [1.54, 1.807) is 0 Å². The Morgan fingerprint density at radius 3 is 1.12 bits per heavy atom. The lowest BCUT2D eigenvalue weighted by Crippen LogP contribution is -2.50. The van der Waals surface area contributed by atoms with Gasteiger partial charge in [0, 0.05) is 6.42 Å². The third-order valence-electron chi connectivity index (χ3n) is 10.8. The first-order valence-corrected chi connectivity index (χ1v) is 23.1. The minimum atomic E-state index is -1.16. The summed E-state index contributed by atoms with van der Waals surface area (Å²) in [4.78, 5) is 12.4. The lowest BCUT2D eigenvalue weighted by molar-refractivity contribution is -0.124. The summed E-state index contributed by atoms with van der Waals surface area (Å²) in [6.07, 6.45) is 51.6. The minimum Gasteiger partial charge on any atom is -0.394 e. The van der Waals surface area contributed by atoms with Crippen molar-refractivity contribution in [2.24, 2.45) is 0 Å². The predicted molar refractivity (Wildman–Crippen MR) is 227 cm³/mol. The van der Waals surface area contributed by atoms with E-state index in [4.69, 9.17) is 0 Å². The zero-order valence-corrected chi connectivity index (χ0v) is 35.0. The fourth-order valence-electron chi connectivity index (χ4n) is 7.16. The average Bonchev–Trinajstić information content (AvgIpc) is 3.15. The topological polar surface area (TPSA) is 89.8 Å². The Kier molecular flexibility index (Phi) is 41.6. The highest BCUT2D eigenvalue weighted by atomic mass is 16.3. The van der Waals surface area contributed by atoms with E-state index in [-0.39, 0.29) is 12.5 Å². The summed E-state index contributed by atoms with van der Waals surface area (Å²) >= 11 is 0. The van der Waals surface area contributed by atoms with Crippen LogP contribution in [0.15, 0.2) is 24.3 Å². The van der Waals surface area contributed by atoms with Gasteiger partial charge in [-0.3, -0.25) is 4.79 Å². The van der Waals surface area contributed by atoms with E-state index in [1.807, 2.05) is 0 Å². The first-order valence-electron chi connectivity index (χ1n) is 23.1. The van der Waals surface area contributed by atoms with Crippen molar-refractivity contribution >= 4 is 5.91 Å². The van der Waals surface area contributed by atoms with E-state index in [1.165, 1.54) is 180 Å². The lowest BCUT2D eigenvalue weighted by atomic mass is 10.0. The largest absolute Gasteiger partial charge is 0.394 e.